The lowest BCUT2D eigenvalue weighted by atomic mass is 9.92. The molecule has 0 saturated heterocycles. The summed E-state index contributed by atoms with van der Waals surface area (Å²) in [6.07, 6.45) is 6.58. The number of aromatic nitrogens is 1. The SMILES string of the molecule is Nc1ccc(Oc2ccc3c(c2)CCCC3)cn1. The lowest BCUT2D eigenvalue weighted by Gasteiger charge is -2.16. The molecule has 3 nitrogen and oxygen atoms in total. The largest absolute Gasteiger partial charge is 0.456 e. The Morgan fingerprint density at radius 2 is 1.72 bits per heavy atom. The van der Waals surface area contributed by atoms with Crippen molar-refractivity contribution in [2.24, 2.45) is 0 Å². The zero-order valence-electron chi connectivity index (χ0n) is 10.2. The quantitative estimate of drug-likeness (QED) is 0.875. The Balaban J connectivity index is 1.82. The Kier molecular flexibility index (Phi) is 2.89. The Morgan fingerprint density at radius 1 is 0.944 bits per heavy atom. The van der Waals surface area contributed by atoms with E-state index in [1.54, 1.807) is 12.3 Å². The molecule has 3 heteroatoms. The number of nitrogens with zero attached hydrogens (tertiary/aromatic N) is 1. The van der Waals surface area contributed by atoms with Crippen molar-refractivity contribution in [1.29, 1.82) is 0 Å². The van der Waals surface area contributed by atoms with Gasteiger partial charge >= 0.3 is 0 Å². The van der Waals surface area contributed by atoms with Crippen molar-refractivity contribution >= 4 is 5.82 Å². The summed E-state index contributed by atoms with van der Waals surface area (Å²) < 4.78 is 5.78. The fourth-order valence-electron chi connectivity index (χ4n) is 2.36. The normalized spacial score (nSPS) is 14.0. The molecular weight excluding hydrogens is 224 g/mol. The zero-order valence-corrected chi connectivity index (χ0v) is 10.2. The molecular formula is C15H16N2O. The number of anilines is 1. The molecule has 1 aliphatic carbocycles. The van der Waals surface area contributed by atoms with Gasteiger partial charge in [-0.1, -0.05) is 6.07 Å². The molecule has 0 atom stereocenters. The van der Waals surface area contributed by atoms with Gasteiger partial charge in [-0.05, 0) is 61.1 Å². The number of pyridine rings is 1. The van der Waals surface area contributed by atoms with Gasteiger partial charge in [-0.25, -0.2) is 4.98 Å². The van der Waals surface area contributed by atoms with Gasteiger partial charge < -0.3 is 10.5 Å². The first-order valence-corrected chi connectivity index (χ1v) is 6.32. The molecule has 1 aromatic carbocycles. The maximum absolute atomic E-state index is 5.78. The fourth-order valence-corrected chi connectivity index (χ4v) is 2.36. The number of nitrogen functional groups attached to an aromatic ring is 1. The van der Waals surface area contributed by atoms with Crippen LogP contribution >= 0.6 is 0 Å². The average molecular weight is 240 g/mol. The third-order valence-corrected chi connectivity index (χ3v) is 3.31. The summed E-state index contributed by atoms with van der Waals surface area (Å²) in [5.41, 5.74) is 8.43. The first-order valence-electron chi connectivity index (χ1n) is 6.32. The van der Waals surface area contributed by atoms with Gasteiger partial charge in [0.2, 0.25) is 0 Å². The van der Waals surface area contributed by atoms with Crippen LogP contribution in [0, 0.1) is 0 Å². The van der Waals surface area contributed by atoms with Crippen LogP contribution in [-0.2, 0) is 12.8 Å². The van der Waals surface area contributed by atoms with Gasteiger partial charge in [0.25, 0.3) is 0 Å². The maximum atomic E-state index is 5.78. The molecule has 0 spiro atoms. The lowest BCUT2D eigenvalue weighted by molar-refractivity contribution is 0.478. The van der Waals surface area contributed by atoms with E-state index in [2.05, 4.69) is 17.1 Å². The van der Waals surface area contributed by atoms with Crippen molar-refractivity contribution in [3.05, 3.63) is 47.7 Å². The van der Waals surface area contributed by atoms with Crippen molar-refractivity contribution in [3.63, 3.8) is 0 Å². The second-order valence-electron chi connectivity index (χ2n) is 4.66. The molecule has 0 amide bonds. The highest BCUT2D eigenvalue weighted by atomic mass is 16.5. The van der Waals surface area contributed by atoms with Crippen LogP contribution in [0.15, 0.2) is 36.5 Å². The smallest absolute Gasteiger partial charge is 0.145 e. The second-order valence-corrected chi connectivity index (χ2v) is 4.66. The standard InChI is InChI=1S/C15H16N2O/c16-15-8-7-14(10-17-15)18-13-6-5-11-3-1-2-4-12(11)9-13/h5-10H,1-4H2,(H2,16,17). The van der Waals surface area contributed by atoms with E-state index < -0.39 is 0 Å². The third-order valence-electron chi connectivity index (χ3n) is 3.31. The molecule has 1 aromatic heterocycles. The van der Waals surface area contributed by atoms with Gasteiger partial charge in [-0.15, -0.1) is 0 Å². The molecule has 0 bridgehead atoms. The van der Waals surface area contributed by atoms with Crippen LogP contribution in [0.2, 0.25) is 0 Å². The molecule has 1 heterocycles. The van der Waals surface area contributed by atoms with Crippen molar-refractivity contribution < 1.29 is 4.74 Å². The predicted octanol–water partition coefficient (Wildman–Crippen LogP) is 3.33. The molecule has 0 fully saturated rings. The number of benzene rings is 1. The molecule has 2 N–H and O–H groups in total. The van der Waals surface area contributed by atoms with Crippen LogP contribution in [0.1, 0.15) is 24.0 Å². The summed E-state index contributed by atoms with van der Waals surface area (Å²) in [4.78, 5) is 4.02. The molecule has 92 valence electrons. The first kappa shape index (κ1) is 11.1. The summed E-state index contributed by atoms with van der Waals surface area (Å²) in [5.74, 6) is 2.11. The van der Waals surface area contributed by atoms with E-state index >= 15 is 0 Å². The number of hydrogen-bond donors (Lipinski definition) is 1. The molecule has 0 radical (unpaired) electrons. The van der Waals surface area contributed by atoms with Gasteiger partial charge in [0.15, 0.2) is 0 Å². The van der Waals surface area contributed by atoms with Crippen LogP contribution < -0.4 is 10.5 Å². The summed E-state index contributed by atoms with van der Waals surface area (Å²) in [6.45, 7) is 0. The van der Waals surface area contributed by atoms with Crippen LogP contribution in [-0.4, -0.2) is 4.98 Å². The van der Waals surface area contributed by atoms with E-state index in [-0.39, 0.29) is 0 Å². The zero-order chi connectivity index (χ0) is 12.4. The minimum Gasteiger partial charge on any atom is -0.456 e. The molecule has 3 rings (SSSR count). The highest BCUT2D eigenvalue weighted by Gasteiger charge is 2.10. The molecule has 0 saturated carbocycles. The maximum Gasteiger partial charge on any atom is 0.145 e. The summed E-state index contributed by atoms with van der Waals surface area (Å²) >= 11 is 0. The van der Waals surface area contributed by atoms with Crippen molar-refractivity contribution in [2.75, 3.05) is 5.73 Å². The minimum atomic E-state index is 0.507. The van der Waals surface area contributed by atoms with Gasteiger partial charge in [-0.2, -0.15) is 0 Å². The lowest BCUT2D eigenvalue weighted by Crippen LogP contribution is -2.02. The first-order chi connectivity index (χ1) is 8.81. The van der Waals surface area contributed by atoms with Gasteiger partial charge in [0.05, 0.1) is 6.20 Å². The Bertz CT molecular complexity index is 549. The number of fused-ring (bicyclic) bond motifs is 1. The summed E-state index contributed by atoms with van der Waals surface area (Å²) in [7, 11) is 0. The third kappa shape index (κ3) is 2.30. The number of rotatable bonds is 2. The van der Waals surface area contributed by atoms with Gasteiger partial charge in [0.1, 0.15) is 17.3 Å². The Morgan fingerprint density at radius 3 is 2.50 bits per heavy atom. The summed E-state index contributed by atoms with van der Waals surface area (Å²) in [6, 6.07) is 9.93. The minimum absolute atomic E-state index is 0.507. The van der Waals surface area contributed by atoms with Crippen molar-refractivity contribution in [1.82, 2.24) is 4.98 Å². The van der Waals surface area contributed by atoms with E-state index in [0.717, 1.165) is 17.9 Å². The second kappa shape index (κ2) is 4.69. The van der Waals surface area contributed by atoms with Crippen LogP contribution in [0.4, 0.5) is 5.82 Å². The molecule has 2 aromatic rings. The Hall–Kier alpha value is -2.03. The topological polar surface area (TPSA) is 48.1 Å². The number of hydrogen-bond acceptors (Lipinski definition) is 3. The highest BCUT2D eigenvalue weighted by molar-refractivity contribution is 5.40. The van der Waals surface area contributed by atoms with Crippen LogP contribution in [0.25, 0.3) is 0 Å². The number of nitrogens with two attached hydrogens (primary N) is 1. The van der Waals surface area contributed by atoms with Crippen molar-refractivity contribution in [3.8, 4) is 11.5 Å². The molecule has 18 heavy (non-hydrogen) atoms. The van der Waals surface area contributed by atoms with E-state index in [9.17, 15) is 0 Å². The number of aryl methyl sites for hydroxylation is 2. The average Bonchev–Trinajstić information content (AvgIpc) is 2.41. The predicted molar refractivity (Wildman–Crippen MR) is 71.8 cm³/mol. The fraction of sp³-hybridized carbons (Fsp3) is 0.267. The molecule has 0 aliphatic heterocycles. The van der Waals surface area contributed by atoms with Gasteiger partial charge in [0, 0.05) is 0 Å². The van der Waals surface area contributed by atoms with E-state index in [1.165, 1.54) is 30.4 Å². The summed E-state index contributed by atoms with van der Waals surface area (Å²) in [5, 5.41) is 0. The van der Waals surface area contributed by atoms with Crippen LogP contribution in [0.5, 0.6) is 11.5 Å². The monoisotopic (exact) mass is 240 g/mol. The molecule has 1 aliphatic rings. The van der Waals surface area contributed by atoms with E-state index in [0.29, 0.717) is 5.82 Å². The number of ether oxygens (including phenoxy) is 1. The van der Waals surface area contributed by atoms with Crippen molar-refractivity contribution in [2.45, 2.75) is 25.7 Å². The van der Waals surface area contributed by atoms with Gasteiger partial charge in [-0.3, -0.25) is 0 Å². The van der Waals surface area contributed by atoms with E-state index in [4.69, 9.17) is 10.5 Å². The Labute approximate surface area is 107 Å². The molecule has 0 unspecified atom stereocenters. The highest BCUT2D eigenvalue weighted by Crippen LogP contribution is 2.28. The van der Waals surface area contributed by atoms with E-state index in [1.807, 2.05) is 12.1 Å². The van der Waals surface area contributed by atoms with Crippen LogP contribution in [0.3, 0.4) is 0 Å².